The lowest BCUT2D eigenvalue weighted by molar-refractivity contribution is 0.427. The first-order valence-electron chi connectivity index (χ1n) is 7.85. The van der Waals surface area contributed by atoms with Gasteiger partial charge in [0.2, 0.25) is 0 Å². The molecule has 1 aromatic heterocycles. The lowest BCUT2D eigenvalue weighted by Gasteiger charge is -2.22. The minimum atomic E-state index is 0.573. The molecule has 0 aromatic carbocycles. The average Bonchev–Trinajstić information content (AvgIpc) is 2.91. The molecule has 0 unspecified atom stereocenters. The Bertz CT molecular complexity index is 369. The standard InChI is InChI=1S/C15H26N4S/c20-15(17-9-6-11-19-12-10-16-13-19)18-14-7-4-2-1-3-5-8-14/h10,12-14H,1-9,11H2,(H2,17,18,20). The Morgan fingerprint density at radius 1 is 1.20 bits per heavy atom. The Labute approximate surface area is 127 Å². The topological polar surface area (TPSA) is 41.9 Å². The minimum Gasteiger partial charge on any atom is -0.363 e. The number of thiocarbonyl (C=S) groups is 1. The predicted octanol–water partition coefficient (Wildman–Crippen LogP) is 2.85. The van der Waals surface area contributed by atoms with E-state index in [1.54, 1.807) is 0 Å². The van der Waals surface area contributed by atoms with Crippen molar-refractivity contribution in [1.82, 2.24) is 20.2 Å². The Hall–Kier alpha value is -1.10. The minimum absolute atomic E-state index is 0.573. The highest BCUT2D eigenvalue weighted by atomic mass is 32.1. The molecular weight excluding hydrogens is 268 g/mol. The Kier molecular flexibility index (Phi) is 6.84. The molecule has 0 bridgehead atoms. The molecule has 0 radical (unpaired) electrons. The molecule has 4 nitrogen and oxygen atoms in total. The first kappa shape index (κ1) is 15.3. The van der Waals surface area contributed by atoms with Gasteiger partial charge in [0.15, 0.2) is 5.11 Å². The normalized spacial score (nSPS) is 17.2. The SMILES string of the molecule is S=C(NCCCn1ccnc1)NC1CCCCCCC1. The third kappa shape index (κ3) is 5.90. The van der Waals surface area contributed by atoms with E-state index in [9.17, 15) is 0 Å². The van der Waals surface area contributed by atoms with E-state index in [-0.39, 0.29) is 0 Å². The molecule has 20 heavy (non-hydrogen) atoms. The van der Waals surface area contributed by atoms with Crippen molar-refractivity contribution in [2.45, 2.75) is 64.0 Å². The Morgan fingerprint density at radius 3 is 2.65 bits per heavy atom. The van der Waals surface area contributed by atoms with Crippen molar-refractivity contribution in [1.29, 1.82) is 0 Å². The van der Waals surface area contributed by atoms with Crippen molar-refractivity contribution >= 4 is 17.3 Å². The highest BCUT2D eigenvalue weighted by Crippen LogP contribution is 2.16. The number of nitrogens with zero attached hydrogens (tertiary/aromatic N) is 2. The Balaban J connectivity index is 1.57. The van der Waals surface area contributed by atoms with E-state index in [2.05, 4.69) is 20.2 Å². The molecule has 112 valence electrons. The second-order valence-electron chi connectivity index (χ2n) is 5.60. The van der Waals surface area contributed by atoms with Gasteiger partial charge in [-0.2, -0.15) is 0 Å². The van der Waals surface area contributed by atoms with Gasteiger partial charge in [0.1, 0.15) is 0 Å². The van der Waals surface area contributed by atoms with Gasteiger partial charge in [0.05, 0.1) is 6.33 Å². The molecule has 1 aromatic rings. The van der Waals surface area contributed by atoms with Gasteiger partial charge in [-0.1, -0.05) is 32.1 Å². The van der Waals surface area contributed by atoms with Crippen molar-refractivity contribution < 1.29 is 0 Å². The fourth-order valence-corrected chi connectivity index (χ4v) is 2.99. The zero-order chi connectivity index (χ0) is 14.0. The molecule has 1 fully saturated rings. The van der Waals surface area contributed by atoms with Gasteiger partial charge in [-0.05, 0) is 31.5 Å². The molecule has 1 heterocycles. The van der Waals surface area contributed by atoms with Gasteiger partial charge in [0, 0.05) is 31.5 Å². The summed E-state index contributed by atoms with van der Waals surface area (Å²) in [6.45, 7) is 1.90. The summed E-state index contributed by atoms with van der Waals surface area (Å²) >= 11 is 5.38. The number of aryl methyl sites for hydroxylation is 1. The zero-order valence-electron chi connectivity index (χ0n) is 12.2. The third-order valence-electron chi connectivity index (χ3n) is 3.88. The van der Waals surface area contributed by atoms with Crippen LogP contribution in [0.1, 0.15) is 51.4 Å². The van der Waals surface area contributed by atoms with Gasteiger partial charge < -0.3 is 15.2 Å². The molecule has 1 saturated carbocycles. The van der Waals surface area contributed by atoms with E-state index in [0.29, 0.717) is 6.04 Å². The fourth-order valence-electron chi connectivity index (χ4n) is 2.72. The molecule has 1 aliphatic carbocycles. The maximum atomic E-state index is 5.38. The molecule has 0 spiro atoms. The summed E-state index contributed by atoms with van der Waals surface area (Å²) in [5.41, 5.74) is 0. The van der Waals surface area contributed by atoms with E-state index < -0.39 is 0 Å². The van der Waals surface area contributed by atoms with Gasteiger partial charge in [-0.15, -0.1) is 0 Å². The van der Waals surface area contributed by atoms with Crippen LogP contribution < -0.4 is 10.6 Å². The van der Waals surface area contributed by atoms with Crippen molar-refractivity contribution in [3.8, 4) is 0 Å². The number of aromatic nitrogens is 2. The van der Waals surface area contributed by atoms with E-state index in [1.807, 2.05) is 18.7 Å². The van der Waals surface area contributed by atoms with Gasteiger partial charge in [0.25, 0.3) is 0 Å². The predicted molar refractivity (Wildman–Crippen MR) is 86.7 cm³/mol. The molecule has 2 rings (SSSR count). The first-order valence-corrected chi connectivity index (χ1v) is 8.25. The van der Waals surface area contributed by atoms with Gasteiger partial charge >= 0.3 is 0 Å². The quantitative estimate of drug-likeness (QED) is 0.647. The van der Waals surface area contributed by atoms with E-state index in [4.69, 9.17) is 12.2 Å². The molecule has 2 N–H and O–H groups in total. The summed E-state index contributed by atoms with van der Waals surface area (Å²) in [7, 11) is 0. The monoisotopic (exact) mass is 294 g/mol. The molecule has 1 aliphatic rings. The van der Waals surface area contributed by atoms with Crippen LogP contribution in [0, 0.1) is 0 Å². The summed E-state index contributed by atoms with van der Waals surface area (Å²) in [6.07, 6.45) is 16.1. The van der Waals surface area contributed by atoms with Crippen molar-refractivity contribution in [2.75, 3.05) is 6.54 Å². The number of imidazole rings is 1. The average molecular weight is 294 g/mol. The lowest BCUT2D eigenvalue weighted by atomic mass is 9.97. The van der Waals surface area contributed by atoms with Crippen LogP contribution in [0.3, 0.4) is 0 Å². The maximum Gasteiger partial charge on any atom is 0.166 e. The molecule has 0 aliphatic heterocycles. The maximum absolute atomic E-state index is 5.38. The number of nitrogens with one attached hydrogen (secondary N) is 2. The molecule has 0 saturated heterocycles. The smallest absolute Gasteiger partial charge is 0.166 e. The second-order valence-corrected chi connectivity index (χ2v) is 6.00. The lowest BCUT2D eigenvalue weighted by Crippen LogP contribution is -2.42. The van der Waals surface area contributed by atoms with Crippen LogP contribution in [0.5, 0.6) is 0 Å². The number of hydrogen-bond donors (Lipinski definition) is 2. The van der Waals surface area contributed by atoms with Gasteiger partial charge in [-0.25, -0.2) is 4.98 Å². The first-order chi connectivity index (χ1) is 9.84. The molecular formula is C15H26N4S. The molecule has 5 heteroatoms. The van der Waals surface area contributed by atoms with E-state index in [0.717, 1.165) is 24.6 Å². The highest BCUT2D eigenvalue weighted by Gasteiger charge is 2.11. The fraction of sp³-hybridized carbons (Fsp3) is 0.733. The van der Waals surface area contributed by atoms with Crippen LogP contribution in [-0.4, -0.2) is 27.3 Å². The van der Waals surface area contributed by atoms with Gasteiger partial charge in [-0.3, -0.25) is 0 Å². The Morgan fingerprint density at radius 2 is 1.95 bits per heavy atom. The largest absolute Gasteiger partial charge is 0.363 e. The van der Waals surface area contributed by atoms with Crippen LogP contribution in [0.4, 0.5) is 0 Å². The second kappa shape index (κ2) is 8.95. The summed E-state index contributed by atoms with van der Waals surface area (Å²) in [4.78, 5) is 4.03. The van der Waals surface area contributed by atoms with Crippen molar-refractivity contribution in [3.05, 3.63) is 18.7 Å². The molecule has 0 amide bonds. The van der Waals surface area contributed by atoms with Crippen LogP contribution in [-0.2, 0) is 6.54 Å². The number of hydrogen-bond acceptors (Lipinski definition) is 2. The third-order valence-corrected chi connectivity index (χ3v) is 4.14. The summed E-state index contributed by atoms with van der Waals surface area (Å²) < 4.78 is 2.09. The van der Waals surface area contributed by atoms with E-state index >= 15 is 0 Å². The van der Waals surface area contributed by atoms with Crippen molar-refractivity contribution in [2.24, 2.45) is 0 Å². The van der Waals surface area contributed by atoms with Crippen LogP contribution >= 0.6 is 12.2 Å². The van der Waals surface area contributed by atoms with Crippen molar-refractivity contribution in [3.63, 3.8) is 0 Å². The highest BCUT2D eigenvalue weighted by molar-refractivity contribution is 7.80. The summed E-state index contributed by atoms with van der Waals surface area (Å²) in [5, 5.41) is 7.62. The van der Waals surface area contributed by atoms with Crippen LogP contribution in [0.2, 0.25) is 0 Å². The summed E-state index contributed by atoms with van der Waals surface area (Å²) in [5.74, 6) is 0. The summed E-state index contributed by atoms with van der Waals surface area (Å²) in [6, 6.07) is 0.573. The zero-order valence-corrected chi connectivity index (χ0v) is 13.0. The molecule has 0 atom stereocenters. The van der Waals surface area contributed by atoms with Crippen LogP contribution in [0.25, 0.3) is 0 Å². The van der Waals surface area contributed by atoms with E-state index in [1.165, 1.54) is 44.9 Å². The number of rotatable bonds is 5. The van der Waals surface area contributed by atoms with Crippen LogP contribution in [0.15, 0.2) is 18.7 Å².